The van der Waals surface area contributed by atoms with Gasteiger partial charge in [0.25, 0.3) is 0 Å². The van der Waals surface area contributed by atoms with E-state index in [1.165, 1.54) is 32.1 Å². The van der Waals surface area contributed by atoms with Crippen LogP contribution < -0.4 is 0 Å². The van der Waals surface area contributed by atoms with Crippen molar-refractivity contribution in [1.82, 2.24) is 0 Å². The zero-order valence-corrected chi connectivity index (χ0v) is 10.1. The van der Waals surface area contributed by atoms with Crippen LogP contribution in [0.1, 0.15) is 65.7 Å². The largest absolute Gasteiger partial charge is 0.393 e. The average molecular weight is 198 g/mol. The van der Waals surface area contributed by atoms with E-state index >= 15 is 0 Å². The van der Waals surface area contributed by atoms with Gasteiger partial charge in [0, 0.05) is 0 Å². The summed E-state index contributed by atoms with van der Waals surface area (Å²) in [6.45, 7) is 6.75. The molecule has 1 rings (SSSR count). The Morgan fingerprint density at radius 2 is 1.71 bits per heavy atom. The molecule has 1 aliphatic rings. The van der Waals surface area contributed by atoms with Crippen LogP contribution in [0.25, 0.3) is 0 Å². The van der Waals surface area contributed by atoms with E-state index in [1.807, 2.05) is 0 Å². The van der Waals surface area contributed by atoms with Crippen LogP contribution in [-0.2, 0) is 0 Å². The van der Waals surface area contributed by atoms with Gasteiger partial charge in [-0.3, -0.25) is 0 Å². The van der Waals surface area contributed by atoms with E-state index in [2.05, 4.69) is 20.8 Å². The number of rotatable bonds is 3. The van der Waals surface area contributed by atoms with E-state index < -0.39 is 0 Å². The minimum Gasteiger partial charge on any atom is -0.393 e. The Morgan fingerprint density at radius 1 is 1.14 bits per heavy atom. The van der Waals surface area contributed by atoms with Crippen molar-refractivity contribution in [2.45, 2.75) is 71.8 Å². The van der Waals surface area contributed by atoms with Gasteiger partial charge < -0.3 is 5.11 Å². The highest BCUT2D eigenvalue weighted by molar-refractivity contribution is 4.75. The third kappa shape index (κ3) is 4.45. The molecule has 1 fully saturated rings. The molecule has 0 spiro atoms. The van der Waals surface area contributed by atoms with Gasteiger partial charge in [-0.25, -0.2) is 0 Å². The van der Waals surface area contributed by atoms with Gasteiger partial charge in [0.1, 0.15) is 0 Å². The third-order valence-electron chi connectivity index (χ3n) is 3.38. The first-order chi connectivity index (χ1) is 6.49. The van der Waals surface area contributed by atoms with Gasteiger partial charge >= 0.3 is 0 Å². The second kappa shape index (κ2) is 5.16. The van der Waals surface area contributed by atoms with Crippen molar-refractivity contribution in [2.75, 3.05) is 0 Å². The molecule has 1 N–H and O–H groups in total. The Kier molecular flexibility index (Phi) is 4.43. The zero-order chi connectivity index (χ0) is 10.6. The lowest BCUT2D eigenvalue weighted by atomic mass is 9.81. The Morgan fingerprint density at radius 3 is 2.21 bits per heavy atom. The summed E-state index contributed by atoms with van der Waals surface area (Å²) in [5, 5.41) is 10.0. The number of hydrogen-bond donors (Lipinski definition) is 1. The molecule has 84 valence electrons. The standard InChI is InChI=1S/C13H26O/c1-13(2,3)10-9-12(14)11-7-5-4-6-8-11/h11-12,14H,4-10H2,1-3H3. The average Bonchev–Trinajstić information content (AvgIpc) is 2.14. The smallest absolute Gasteiger partial charge is 0.0568 e. The third-order valence-corrected chi connectivity index (χ3v) is 3.38. The predicted molar refractivity (Wildman–Crippen MR) is 61.3 cm³/mol. The summed E-state index contributed by atoms with van der Waals surface area (Å²) in [4.78, 5) is 0. The molecule has 0 saturated heterocycles. The van der Waals surface area contributed by atoms with Gasteiger partial charge in [-0.05, 0) is 37.0 Å². The molecule has 0 aromatic rings. The fourth-order valence-electron chi connectivity index (χ4n) is 2.34. The second-order valence-corrected chi connectivity index (χ2v) is 6.06. The van der Waals surface area contributed by atoms with E-state index in [-0.39, 0.29) is 6.10 Å². The monoisotopic (exact) mass is 198 g/mol. The van der Waals surface area contributed by atoms with Crippen LogP contribution in [-0.4, -0.2) is 11.2 Å². The van der Waals surface area contributed by atoms with Gasteiger partial charge in [-0.2, -0.15) is 0 Å². The normalized spacial score (nSPS) is 22.3. The molecule has 1 atom stereocenters. The van der Waals surface area contributed by atoms with E-state index in [1.54, 1.807) is 0 Å². The molecule has 0 aromatic carbocycles. The van der Waals surface area contributed by atoms with Crippen molar-refractivity contribution in [3.63, 3.8) is 0 Å². The molecule has 1 nitrogen and oxygen atoms in total. The van der Waals surface area contributed by atoms with E-state index in [4.69, 9.17) is 0 Å². The minimum atomic E-state index is -0.0328. The van der Waals surface area contributed by atoms with E-state index in [9.17, 15) is 5.11 Å². The van der Waals surface area contributed by atoms with Crippen LogP contribution in [0.2, 0.25) is 0 Å². The fraction of sp³-hybridized carbons (Fsp3) is 1.00. The molecule has 0 aliphatic heterocycles. The molecule has 0 amide bonds. The van der Waals surface area contributed by atoms with E-state index in [0.29, 0.717) is 11.3 Å². The van der Waals surface area contributed by atoms with Crippen molar-refractivity contribution in [3.8, 4) is 0 Å². The summed E-state index contributed by atoms with van der Waals surface area (Å²) in [5.74, 6) is 0.603. The molecule has 0 heterocycles. The maximum Gasteiger partial charge on any atom is 0.0568 e. The molecule has 1 saturated carbocycles. The minimum absolute atomic E-state index is 0.0328. The SMILES string of the molecule is CC(C)(C)CCC(O)C1CCCCC1. The highest BCUT2D eigenvalue weighted by Gasteiger charge is 2.23. The maximum atomic E-state index is 10.0. The van der Waals surface area contributed by atoms with Gasteiger partial charge in [-0.15, -0.1) is 0 Å². The molecular formula is C13H26O. The number of hydrogen-bond acceptors (Lipinski definition) is 1. The molecule has 1 heteroatoms. The lowest BCUT2D eigenvalue weighted by molar-refractivity contribution is 0.0667. The predicted octanol–water partition coefficient (Wildman–Crippen LogP) is 3.75. The lowest BCUT2D eigenvalue weighted by Gasteiger charge is -2.28. The summed E-state index contributed by atoms with van der Waals surface area (Å²) in [7, 11) is 0. The summed E-state index contributed by atoms with van der Waals surface area (Å²) < 4.78 is 0. The maximum absolute atomic E-state index is 10.0. The molecule has 1 aliphatic carbocycles. The van der Waals surface area contributed by atoms with Crippen LogP contribution in [0.5, 0.6) is 0 Å². The highest BCUT2D eigenvalue weighted by Crippen LogP contribution is 2.30. The molecule has 0 radical (unpaired) electrons. The molecule has 1 unspecified atom stereocenters. The Hall–Kier alpha value is -0.0400. The van der Waals surface area contributed by atoms with E-state index in [0.717, 1.165) is 12.8 Å². The van der Waals surface area contributed by atoms with Crippen molar-refractivity contribution in [1.29, 1.82) is 0 Å². The van der Waals surface area contributed by atoms with Gasteiger partial charge in [0.2, 0.25) is 0 Å². The Balaban J connectivity index is 2.23. The summed E-state index contributed by atoms with van der Waals surface area (Å²) in [6, 6.07) is 0. The van der Waals surface area contributed by atoms with Crippen LogP contribution in [0.4, 0.5) is 0 Å². The molecule has 14 heavy (non-hydrogen) atoms. The van der Waals surface area contributed by atoms with Crippen molar-refractivity contribution >= 4 is 0 Å². The van der Waals surface area contributed by atoms with Gasteiger partial charge in [-0.1, -0.05) is 40.0 Å². The van der Waals surface area contributed by atoms with Crippen LogP contribution in [0.15, 0.2) is 0 Å². The van der Waals surface area contributed by atoms with Crippen LogP contribution >= 0.6 is 0 Å². The molecular weight excluding hydrogens is 172 g/mol. The van der Waals surface area contributed by atoms with Crippen molar-refractivity contribution in [2.24, 2.45) is 11.3 Å². The second-order valence-electron chi connectivity index (χ2n) is 6.06. The lowest BCUT2D eigenvalue weighted by Crippen LogP contribution is -2.24. The first kappa shape index (κ1) is 12.0. The molecule has 0 aromatic heterocycles. The quantitative estimate of drug-likeness (QED) is 0.732. The summed E-state index contributed by atoms with van der Waals surface area (Å²) in [5.41, 5.74) is 0.371. The van der Waals surface area contributed by atoms with Gasteiger partial charge in [0.15, 0.2) is 0 Å². The Labute approximate surface area is 88.9 Å². The van der Waals surface area contributed by atoms with Crippen LogP contribution in [0, 0.1) is 11.3 Å². The molecule has 0 bridgehead atoms. The van der Waals surface area contributed by atoms with Crippen molar-refractivity contribution in [3.05, 3.63) is 0 Å². The first-order valence-corrected chi connectivity index (χ1v) is 6.17. The van der Waals surface area contributed by atoms with Crippen molar-refractivity contribution < 1.29 is 5.11 Å². The summed E-state index contributed by atoms with van der Waals surface area (Å²) in [6.07, 6.45) is 8.65. The first-order valence-electron chi connectivity index (χ1n) is 6.17. The van der Waals surface area contributed by atoms with Crippen LogP contribution in [0.3, 0.4) is 0 Å². The number of aliphatic hydroxyl groups excluding tert-OH is 1. The fourth-order valence-corrected chi connectivity index (χ4v) is 2.34. The van der Waals surface area contributed by atoms with Gasteiger partial charge in [0.05, 0.1) is 6.10 Å². The Bertz CT molecular complexity index is 151. The zero-order valence-electron chi connectivity index (χ0n) is 10.1. The summed E-state index contributed by atoms with van der Waals surface area (Å²) >= 11 is 0. The highest BCUT2D eigenvalue weighted by atomic mass is 16.3. The topological polar surface area (TPSA) is 20.2 Å². The number of aliphatic hydroxyl groups is 1.